The number of hydrogen-bond acceptors (Lipinski definition) is 16. The fourth-order valence-electron chi connectivity index (χ4n) is 5.54. The van der Waals surface area contributed by atoms with Gasteiger partial charge in [0, 0.05) is 5.75 Å². The van der Waals surface area contributed by atoms with Gasteiger partial charge in [0.25, 0.3) is 0 Å². The van der Waals surface area contributed by atoms with Crippen molar-refractivity contribution in [2.45, 2.75) is 93.1 Å². The molecule has 0 amide bonds. The standard InChI is InChI=1S/C31H67N5O6S5.5ClH/c32-10-1-16-43-21-6-26(37)27-29(38,7-22-44-17-2-11-33)31(40,9-24-46-19-4-13-35)30(39,8-23-45-18-3-12-34)28(42-27)41-15-25-47-20-5-14-36;;;;;/h26-28,37-40H,1-25,32-36H2;5*1H/t26?,27-,28+,29-,30+,31+;;;;;/m1...../s1. The lowest BCUT2D eigenvalue weighted by molar-refractivity contribution is -0.409. The highest BCUT2D eigenvalue weighted by molar-refractivity contribution is 8.00. The number of aliphatic hydroxyl groups excluding tert-OH is 1. The molecule has 14 N–H and O–H groups in total. The van der Waals surface area contributed by atoms with Crippen LogP contribution in [0.1, 0.15) is 57.8 Å². The van der Waals surface area contributed by atoms with Gasteiger partial charge < -0.3 is 58.6 Å². The second-order valence-electron chi connectivity index (χ2n) is 11.8. The summed E-state index contributed by atoms with van der Waals surface area (Å²) < 4.78 is 12.8. The number of nitrogens with two attached hydrogens (primary N) is 5. The first-order valence-corrected chi connectivity index (χ1v) is 23.0. The lowest BCUT2D eigenvalue weighted by atomic mass is 9.61. The Hall–Kier alpha value is 2.76. The predicted molar refractivity (Wildman–Crippen MR) is 245 cm³/mol. The summed E-state index contributed by atoms with van der Waals surface area (Å²) in [4.78, 5) is 0. The van der Waals surface area contributed by atoms with E-state index in [0.29, 0.717) is 67.9 Å². The predicted octanol–water partition coefficient (Wildman–Crippen LogP) is 3.36. The molecule has 322 valence electrons. The molecule has 52 heavy (non-hydrogen) atoms. The van der Waals surface area contributed by atoms with Crippen LogP contribution in [0, 0.1) is 0 Å². The van der Waals surface area contributed by atoms with E-state index in [9.17, 15) is 20.4 Å². The fraction of sp³-hybridized carbons (Fsp3) is 1.00. The van der Waals surface area contributed by atoms with Crippen molar-refractivity contribution in [3.05, 3.63) is 0 Å². The van der Waals surface area contributed by atoms with Gasteiger partial charge in [0.05, 0.1) is 12.7 Å². The lowest BCUT2D eigenvalue weighted by Gasteiger charge is -2.62. The van der Waals surface area contributed by atoms with Crippen LogP contribution in [-0.4, -0.2) is 153 Å². The van der Waals surface area contributed by atoms with E-state index >= 15 is 0 Å². The summed E-state index contributed by atoms with van der Waals surface area (Å²) in [6.45, 7) is 3.20. The van der Waals surface area contributed by atoms with Crippen molar-refractivity contribution in [1.29, 1.82) is 0 Å². The average molecular weight is 949 g/mol. The van der Waals surface area contributed by atoms with E-state index in [2.05, 4.69) is 0 Å². The summed E-state index contributed by atoms with van der Waals surface area (Å²) in [5, 5.41) is 50.2. The minimum atomic E-state index is -2.04. The Morgan fingerprint density at radius 2 is 0.885 bits per heavy atom. The zero-order valence-electron chi connectivity index (χ0n) is 30.5. The molecule has 0 bridgehead atoms. The van der Waals surface area contributed by atoms with Gasteiger partial charge in [-0.1, -0.05) is 0 Å². The summed E-state index contributed by atoms with van der Waals surface area (Å²) in [5.74, 6) is 6.98. The number of halogens is 5. The minimum Gasteiger partial charge on any atom is -0.390 e. The van der Waals surface area contributed by atoms with E-state index in [4.69, 9.17) is 38.1 Å². The van der Waals surface area contributed by atoms with Gasteiger partial charge in [-0.2, -0.15) is 58.8 Å². The zero-order chi connectivity index (χ0) is 34.9. The Morgan fingerprint density at radius 3 is 1.31 bits per heavy atom. The van der Waals surface area contributed by atoms with Gasteiger partial charge in [-0.15, -0.1) is 62.0 Å². The fourth-order valence-corrected chi connectivity index (χ4v) is 10.4. The highest BCUT2D eigenvalue weighted by Gasteiger charge is 2.72. The number of hydrogen-bond donors (Lipinski definition) is 9. The first kappa shape index (κ1) is 63.9. The normalized spacial score (nSPS) is 24.4. The van der Waals surface area contributed by atoms with Gasteiger partial charge in [-0.05, 0) is 142 Å². The molecular weight excluding hydrogens is 876 g/mol. The molecule has 0 aromatic heterocycles. The van der Waals surface area contributed by atoms with Crippen LogP contribution in [-0.2, 0) is 9.47 Å². The van der Waals surface area contributed by atoms with Gasteiger partial charge in [-0.25, -0.2) is 0 Å². The molecule has 0 saturated carbocycles. The topological polar surface area (TPSA) is 229 Å². The first-order chi connectivity index (χ1) is 22.7. The van der Waals surface area contributed by atoms with Crippen LogP contribution in [0.3, 0.4) is 0 Å². The molecule has 1 rings (SSSR count). The molecule has 21 heteroatoms. The maximum atomic E-state index is 13.0. The highest BCUT2D eigenvalue weighted by Crippen LogP contribution is 2.52. The van der Waals surface area contributed by atoms with Gasteiger partial charge in [0.15, 0.2) is 6.29 Å². The van der Waals surface area contributed by atoms with Crippen LogP contribution in [0.15, 0.2) is 0 Å². The van der Waals surface area contributed by atoms with Crippen molar-refractivity contribution in [3.8, 4) is 0 Å². The third kappa shape index (κ3) is 22.2. The van der Waals surface area contributed by atoms with E-state index in [1.807, 2.05) is 0 Å². The molecule has 1 fully saturated rings. The molecule has 0 aromatic rings. The lowest BCUT2D eigenvalue weighted by Crippen LogP contribution is -2.82. The maximum absolute atomic E-state index is 13.0. The largest absolute Gasteiger partial charge is 0.390 e. The Kier molecular flexibility index (Phi) is 48.2. The van der Waals surface area contributed by atoms with E-state index in [0.717, 1.165) is 60.9 Å². The van der Waals surface area contributed by atoms with Crippen LogP contribution < -0.4 is 28.7 Å². The Labute approximate surface area is 366 Å². The van der Waals surface area contributed by atoms with Crippen molar-refractivity contribution in [1.82, 2.24) is 0 Å². The van der Waals surface area contributed by atoms with Gasteiger partial charge in [0.1, 0.15) is 22.9 Å². The Balaban J connectivity index is -0.00000147. The number of aliphatic hydroxyl groups is 4. The quantitative estimate of drug-likeness (QED) is 0.0441. The Bertz CT molecular complexity index is 787. The monoisotopic (exact) mass is 945 g/mol. The molecular formula is C31H72Cl5N5O6S5. The molecule has 1 saturated heterocycles. The van der Waals surface area contributed by atoms with Gasteiger partial charge in [0.2, 0.25) is 0 Å². The first-order valence-electron chi connectivity index (χ1n) is 17.2. The summed E-state index contributed by atoms with van der Waals surface area (Å²) in [6, 6.07) is 0. The smallest absolute Gasteiger partial charge is 0.189 e. The number of ether oxygens (including phenoxy) is 2. The molecule has 0 aliphatic carbocycles. The van der Waals surface area contributed by atoms with Crippen LogP contribution in [0.25, 0.3) is 0 Å². The molecule has 0 spiro atoms. The van der Waals surface area contributed by atoms with E-state index in [1.165, 1.54) is 0 Å². The van der Waals surface area contributed by atoms with Crippen LogP contribution >= 0.6 is 121 Å². The highest BCUT2D eigenvalue weighted by atomic mass is 35.5. The van der Waals surface area contributed by atoms with E-state index < -0.39 is 35.3 Å². The molecule has 1 heterocycles. The van der Waals surface area contributed by atoms with Crippen LogP contribution in [0.4, 0.5) is 0 Å². The van der Waals surface area contributed by atoms with Crippen molar-refractivity contribution in [3.63, 3.8) is 0 Å². The van der Waals surface area contributed by atoms with Crippen LogP contribution in [0.5, 0.6) is 0 Å². The molecule has 0 aromatic carbocycles. The van der Waals surface area contributed by atoms with Crippen LogP contribution in [0.2, 0.25) is 0 Å². The third-order valence-electron chi connectivity index (χ3n) is 8.29. The van der Waals surface area contributed by atoms with E-state index in [-0.39, 0.29) is 87.9 Å². The maximum Gasteiger partial charge on any atom is 0.189 e. The summed E-state index contributed by atoms with van der Waals surface area (Å²) in [7, 11) is 0. The molecule has 11 nitrogen and oxygen atoms in total. The molecule has 6 atom stereocenters. The summed E-state index contributed by atoms with van der Waals surface area (Å²) in [5.41, 5.74) is 22.5. The summed E-state index contributed by atoms with van der Waals surface area (Å²) >= 11 is 8.29. The summed E-state index contributed by atoms with van der Waals surface area (Å²) in [6.07, 6.45) is 1.45. The molecule has 1 unspecified atom stereocenters. The Morgan fingerprint density at radius 1 is 0.519 bits per heavy atom. The van der Waals surface area contributed by atoms with Gasteiger partial charge in [-0.3, -0.25) is 0 Å². The minimum absolute atomic E-state index is 0. The molecule has 0 radical (unpaired) electrons. The van der Waals surface area contributed by atoms with Crippen molar-refractivity contribution in [2.75, 3.05) is 96.9 Å². The molecule has 1 aliphatic rings. The van der Waals surface area contributed by atoms with Gasteiger partial charge >= 0.3 is 0 Å². The van der Waals surface area contributed by atoms with Crippen molar-refractivity contribution in [2.24, 2.45) is 28.7 Å². The van der Waals surface area contributed by atoms with Crippen molar-refractivity contribution < 1.29 is 29.9 Å². The van der Waals surface area contributed by atoms with E-state index in [1.54, 1.807) is 58.8 Å². The SMILES string of the molecule is Cl.Cl.Cl.Cl.Cl.NCCCSCCO[C@H]1O[C@H](C(O)CCSCCCN)[C@](O)(CCSCCCN)[C@@](O)(CCSCCCN)[C@]1(O)CCSCCCN. The van der Waals surface area contributed by atoms with Crippen molar-refractivity contribution >= 4 is 121 Å². The average Bonchev–Trinajstić information content (AvgIpc) is 3.06. The second-order valence-corrected chi connectivity index (χ2v) is 18.0. The zero-order valence-corrected chi connectivity index (χ0v) is 38.6. The third-order valence-corrected chi connectivity index (χ3v) is 13.6. The number of rotatable bonds is 32. The second kappa shape index (κ2) is 39.2. The molecule has 1 aliphatic heterocycles. The number of thioether (sulfide) groups is 5.